The molecule has 0 radical (unpaired) electrons. The lowest BCUT2D eigenvalue weighted by Crippen LogP contribution is -2.25. The number of rotatable bonds is 0. The first kappa shape index (κ1) is 11.5. The lowest BCUT2D eigenvalue weighted by Gasteiger charge is -2.37. The van der Waals surface area contributed by atoms with Crippen LogP contribution in [0.3, 0.4) is 0 Å². The molecule has 3 rings (SSSR count). The summed E-state index contributed by atoms with van der Waals surface area (Å²) in [6, 6.07) is 17.8. The first-order valence-corrected chi connectivity index (χ1v) is 6.73. The molecule has 0 atom stereocenters. The maximum absolute atomic E-state index is 2.34. The van der Waals surface area contributed by atoms with E-state index in [4.69, 9.17) is 0 Å². The third-order valence-corrected chi connectivity index (χ3v) is 3.98. The second-order valence-corrected chi connectivity index (χ2v) is 6.37. The molecule has 0 unspecified atom stereocenters. The average Bonchev–Trinajstić information content (AvgIpc) is 2.34. The first-order valence-electron chi connectivity index (χ1n) is 6.73. The van der Waals surface area contributed by atoms with Gasteiger partial charge in [0.1, 0.15) is 0 Å². The Morgan fingerprint density at radius 2 is 1.22 bits per heavy atom. The van der Waals surface area contributed by atoms with Gasteiger partial charge in [0.05, 0.1) is 0 Å². The van der Waals surface area contributed by atoms with E-state index in [2.05, 4.69) is 69.3 Å². The SMILES string of the molecule is CC(C)(C)C1c2ccccc2Cc2ccccc21. The molecule has 0 fully saturated rings. The zero-order valence-electron chi connectivity index (χ0n) is 11.4. The fourth-order valence-electron chi connectivity index (χ4n) is 3.26. The quantitative estimate of drug-likeness (QED) is 0.618. The average molecular weight is 236 g/mol. The highest BCUT2D eigenvalue weighted by Gasteiger charge is 2.33. The van der Waals surface area contributed by atoms with E-state index in [0.717, 1.165) is 6.42 Å². The molecule has 0 aromatic heterocycles. The van der Waals surface area contributed by atoms with Crippen LogP contribution in [-0.2, 0) is 6.42 Å². The summed E-state index contributed by atoms with van der Waals surface area (Å²) in [5.41, 5.74) is 6.28. The van der Waals surface area contributed by atoms with Crippen molar-refractivity contribution < 1.29 is 0 Å². The molecule has 18 heavy (non-hydrogen) atoms. The zero-order chi connectivity index (χ0) is 12.8. The van der Waals surface area contributed by atoms with E-state index in [-0.39, 0.29) is 5.41 Å². The van der Waals surface area contributed by atoms with Crippen LogP contribution in [0.2, 0.25) is 0 Å². The van der Waals surface area contributed by atoms with Crippen LogP contribution in [0, 0.1) is 5.41 Å². The topological polar surface area (TPSA) is 0 Å². The van der Waals surface area contributed by atoms with Crippen LogP contribution in [0.15, 0.2) is 48.5 Å². The summed E-state index contributed by atoms with van der Waals surface area (Å²) in [6.07, 6.45) is 1.08. The maximum atomic E-state index is 2.34. The van der Waals surface area contributed by atoms with Crippen molar-refractivity contribution in [2.75, 3.05) is 0 Å². The fourth-order valence-corrected chi connectivity index (χ4v) is 3.26. The summed E-state index contributed by atoms with van der Waals surface area (Å²) in [5, 5.41) is 0. The molecule has 0 saturated heterocycles. The summed E-state index contributed by atoms with van der Waals surface area (Å²) in [7, 11) is 0. The highest BCUT2D eigenvalue weighted by molar-refractivity contribution is 5.50. The molecular weight excluding hydrogens is 216 g/mol. The van der Waals surface area contributed by atoms with Crippen LogP contribution in [0.5, 0.6) is 0 Å². The van der Waals surface area contributed by atoms with Gasteiger partial charge in [-0.3, -0.25) is 0 Å². The van der Waals surface area contributed by atoms with Crippen molar-refractivity contribution in [2.45, 2.75) is 33.1 Å². The van der Waals surface area contributed by atoms with Crippen molar-refractivity contribution >= 4 is 0 Å². The molecule has 0 heteroatoms. The standard InChI is InChI=1S/C18H20/c1-18(2,3)17-15-10-6-4-8-13(15)12-14-9-5-7-11-16(14)17/h4-11,17H,12H2,1-3H3. The van der Waals surface area contributed by atoms with E-state index in [1.807, 2.05) is 0 Å². The first-order chi connectivity index (χ1) is 8.57. The van der Waals surface area contributed by atoms with Crippen LogP contribution >= 0.6 is 0 Å². The second kappa shape index (κ2) is 3.98. The summed E-state index contributed by atoms with van der Waals surface area (Å²) < 4.78 is 0. The Hall–Kier alpha value is -1.56. The Morgan fingerprint density at radius 3 is 1.67 bits per heavy atom. The predicted molar refractivity (Wildman–Crippen MR) is 77.0 cm³/mol. The number of hydrogen-bond acceptors (Lipinski definition) is 0. The fraction of sp³-hybridized carbons (Fsp3) is 0.333. The summed E-state index contributed by atoms with van der Waals surface area (Å²) in [5.74, 6) is 0.513. The smallest absolute Gasteiger partial charge is 0.0144 e. The molecule has 0 heterocycles. The van der Waals surface area contributed by atoms with Crippen molar-refractivity contribution in [3.63, 3.8) is 0 Å². The maximum Gasteiger partial charge on any atom is 0.0144 e. The van der Waals surface area contributed by atoms with Gasteiger partial charge in [0.2, 0.25) is 0 Å². The molecule has 0 saturated carbocycles. The highest BCUT2D eigenvalue weighted by atomic mass is 14.4. The molecule has 0 bridgehead atoms. The number of hydrogen-bond donors (Lipinski definition) is 0. The van der Waals surface area contributed by atoms with E-state index in [9.17, 15) is 0 Å². The van der Waals surface area contributed by atoms with Crippen LogP contribution in [0.4, 0.5) is 0 Å². The largest absolute Gasteiger partial charge is 0.0620 e. The van der Waals surface area contributed by atoms with Gasteiger partial charge in [0.25, 0.3) is 0 Å². The van der Waals surface area contributed by atoms with Gasteiger partial charge < -0.3 is 0 Å². The molecule has 0 spiro atoms. The summed E-state index contributed by atoms with van der Waals surface area (Å²) >= 11 is 0. The second-order valence-electron chi connectivity index (χ2n) is 6.37. The predicted octanol–water partition coefficient (Wildman–Crippen LogP) is 4.77. The van der Waals surface area contributed by atoms with Crippen molar-refractivity contribution in [1.29, 1.82) is 0 Å². The summed E-state index contributed by atoms with van der Waals surface area (Å²) in [4.78, 5) is 0. The molecule has 0 amide bonds. The Balaban J connectivity index is 2.24. The minimum absolute atomic E-state index is 0.257. The van der Waals surface area contributed by atoms with Crippen LogP contribution < -0.4 is 0 Å². The van der Waals surface area contributed by atoms with E-state index in [0.29, 0.717) is 5.92 Å². The normalized spacial score (nSPS) is 15.1. The molecule has 92 valence electrons. The highest BCUT2D eigenvalue weighted by Crippen LogP contribution is 2.46. The Kier molecular flexibility index (Phi) is 2.55. The monoisotopic (exact) mass is 236 g/mol. The zero-order valence-corrected chi connectivity index (χ0v) is 11.4. The number of benzene rings is 2. The third kappa shape index (κ3) is 1.77. The molecule has 2 aromatic rings. The molecule has 0 N–H and O–H groups in total. The van der Waals surface area contributed by atoms with Crippen molar-refractivity contribution in [3.8, 4) is 0 Å². The van der Waals surface area contributed by atoms with Crippen LogP contribution in [-0.4, -0.2) is 0 Å². The molecule has 1 aliphatic carbocycles. The van der Waals surface area contributed by atoms with Gasteiger partial charge in [-0.15, -0.1) is 0 Å². The van der Waals surface area contributed by atoms with E-state index >= 15 is 0 Å². The molecular formula is C18H20. The molecule has 2 aromatic carbocycles. The molecule has 1 aliphatic rings. The number of fused-ring (bicyclic) bond motifs is 2. The van der Waals surface area contributed by atoms with Gasteiger partial charge in [-0.1, -0.05) is 69.3 Å². The van der Waals surface area contributed by atoms with Gasteiger partial charge in [0.15, 0.2) is 0 Å². The van der Waals surface area contributed by atoms with Crippen LogP contribution in [0.25, 0.3) is 0 Å². The Bertz CT molecular complexity index is 527. The molecule has 0 aliphatic heterocycles. The Morgan fingerprint density at radius 1 is 0.778 bits per heavy atom. The van der Waals surface area contributed by atoms with Gasteiger partial charge >= 0.3 is 0 Å². The van der Waals surface area contributed by atoms with Gasteiger partial charge in [-0.25, -0.2) is 0 Å². The van der Waals surface area contributed by atoms with Gasteiger partial charge in [-0.2, -0.15) is 0 Å². The van der Waals surface area contributed by atoms with Gasteiger partial charge in [0, 0.05) is 5.92 Å². The van der Waals surface area contributed by atoms with Crippen molar-refractivity contribution in [3.05, 3.63) is 70.8 Å². The summed E-state index contributed by atoms with van der Waals surface area (Å²) in [6.45, 7) is 7.03. The van der Waals surface area contributed by atoms with Crippen molar-refractivity contribution in [2.24, 2.45) is 5.41 Å². The lowest BCUT2D eigenvalue weighted by atomic mass is 9.67. The van der Waals surface area contributed by atoms with E-state index in [1.54, 1.807) is 0 Å². The van der Waals surface area contributed by atoms with Gasteiger partial charge in [-0.05, 0) is 34.1 Å². The Labute approximate surface area is 110 Å². The molecule has 0 nitrogen and oxygen atoms in total. The minimum atomic E-state index is 0.257. The van der Waals surface area contributed by atoms with Crippen LogP contribution in [0.1, 0.15) is 48.9 Å². The van der Waals surface area contributed by atoms with E-state index in [1.165, 1.54) is 22.3 Å². The van der Waals surface area contributed by atoms with E-state index < -0.39 is 0 Å². The van der Waals surface area contributed by atoms with Crippen molar-refractivity contribution in [1.82, 2.24) is 0 Å². The third-order valence-electron chi connectivity index (χ3n) is 3.98. The minimum Gasteiger partial charge on any atom is -0.0620 e. The lowest BCUT2D eigenvalue weighted by molar-refractivity contribution is 0.353.